The van der Waals surface area contributed by atoms with Crippen molar-refractivity contribution in [2.24, 2.45) is 0 Å². The average molecular weight is 748 g/mol. The number of carbonyl (C=O) groups excluding carboxylic acids is 1. The van der Waals surface area contributed by atoms with Crippen LogP contribution in [0, 0.1) is 0 Å². The largest absolute Gasteiger partial charge is 0.508 e. The number of aliphatic hydroxyl groups excluding tert-OH is 2. The minimum absolute atomic E-state index is 0.147. The summed E-state index contributed by atoms with van der Waals surface area (Å²) in [5.41, 5.74) is 3.38. The second-order valence-electron chi connectivity index (χ2n) is 13.8. The van der Waals surface area contributed by atoms with E-state index < -0.39 is 24.3 Å². The number of rotatable bonds is 11. The molecule has 18 nitrogen and oxygen atoms in total. The van der Waals surface area contributed by atoms with E-state index in [0.29, 0.717) is 73.3 Å². The molecule has 2 fully saturated rings. The Balaban J connectivity index is 1.11. The van der Waals surface area contributed by atoms with Crippen LogP contribution in [0.25, 0.3) is 11.2 Å². The first-order valence-corrected chi connectivity index (χ1v) is 18.2. The Bertz CT molecular complexity index is 2200. The van der Waals surface area contributed by atoms with Crippen LogP contribution in [-0.4, -0.2) is 109 Å². The van der Waals surface area contributed by atoms with Gasteiger partial charge in [-0.1, -0.05) is 31.2 Å². The van der Waals surface area contributed by atoms with Gasteiger partial charge in [0.2, 0.25) is 5.95 Å². The highest BCUT2D eigenvalue weighted by atomic mass is 16.3. The average Bonchev–Trinajstić information content (AvgIpc) is 4.01. The summed E-state index contributed by atoms with van der Waals surface area (Å²) < 4.78 is 1.77. The number of aryl methyl sites for hydroxylation is 1. The molecule has 284 valence electrons. The number of carbonyl (C=O) groups is 1. The maximum Gasteiger partial charge on any atom is 0.319 e. The van der Waals surface area contributed by atoms with E-state index in [9.17, 15) is 25.2 Å². The number of tetrazole rings is 1. The maximum absolute atomic E-state index is 12.8. The van der Waals surface area contributed by atoms with Gasteiger partial charge < -0.3 is 45.8 Å². The van der Waals surface area contributed by atoms with Crippen LogP contribution in [0.1, 0.15) is 54.7 Å². The third-order valence-corrected chi connectivity index (χ3v) is 10.3. The van der Waals surface area contributed by atoms with Crippen LogP contribution < -0.4 is 20.9 Å². The second kappa shape index (κ2) is 15.2. The summed E-state index contributed by atoms with van der Waals surface area (Å²) in [4.78, 5) is 34.8. The lowest BCUT2D eigenvalue weighted by Crippen LogP contribution is -2.40. The number of hydrogen-bond donors (Lipinski definition) is 7. The molecule has 6 aromatic rings. The molecule has 1 aliphatic carbocycles. The number of nitrogens with one attached hydrogen (secondary N) is 3. The minimum atomic E-state index is -1.18. The number of aliphatic hydroxyl groups is 2. The topological polar surface area (TPSA) is 237 Å². The highest BCUT2D eigenvalue weighted by molar-refractivity contribution is 5.89. The predicted molar refractivity (Wildman–Crippen MR) is 201 cm³/mol. The Morgan fingerprint density at radius 3 is 2.29 bits per heavy atom. The first kappa shape index (κ1) is 35.6. The summed E-state index contributed by atoms with van der Waals surface area (Å²) >= 11 is 0. The van der Waals surface area contributed by atoms with Gasteiger partial charge in [0, 0.05) is 56.1 Å². The molecule has 5 heterocycles. The Morgan fingerprint density at radius 2 is 1.62 bits per heavy atom. The van der Waals surface area contributed by atoms with Crippen molar-refractivity contribution in [2.75, 3.05) is 35.2 Å². The maximum atomic E-state index is 12.8. The SMILES string of the molecule is CCc1nnn([C@H]2C[C@@H](n3cnc4c(NCC(c5ccc(O)cc5)c5ccc(O)cc5)nc(N5CC[C@H](NC(=O)Nc6ccncc6)C5)nc43)[C@H](O)[C@@H]2O)n1. The van der Waals surface area contributed by atoms with Gasteiger partial charge in [-0.05, 0) is 65.6 Å². The summed E-state index contributed by atoms with van der Waals surface area (Å²) in [6, 6.07) is 15.6. The zero-order valence-corrected chi connectivity index (χ0v) is 29.9. The number of hydrogen-bond acceptors (Lipinski definition) is 14. The molecule has 1 saturated heterocycles. The summed E-state index contributed by atoms with van der Waals surface area (Å²) in [6.45, 7) is 3.28. The Hall–Kier alpha value is -6.40. The molecule has 0 unspecified atom stereocenters. The monoisotopic (exact) mass is 747 g/mol. The number of nitrogens with zero attached hydrogens (tertiary/aromatic N) is 10. The van der Waals surface area contributed by atoms with Gasteiger partial charge in [-0.25, -0.2) is 9.78 Å². The van der Waals surface area contributed by atoms with Gasteiger partial charge in [0.05, 0.1) is 12.4 Å². The van der Waals surface area contributed by atoms with Gasteiger partial charge in [-0.15, -0.1) is 10.2 Å². The smallest absolute Gasteiger partial charge is 0.319 e. The number of fused-ring (bicyclic) bond motifs is 1. The fourth-order valence-electron chi connectivity index (χ4n) is 7.33. The zero-order valence-electron chi connectivity index (χ0n) is 29.9. The van der Waals surface area contributed by atoms with E-state index in [4.69, 9.17) is 15.0 Å². The van der Waals surface area contributed by atoms with Crippen molar-refractivity contribution in [3.8, 4) is 11.5 Å². The van der Waals surface area contributed by atoms with Gasteiger partial charge in [-0.2, -0.15) is 14.8 Å². The molecule has 18 heteroatoms. The molecule has 0 radical (unpaired) electrons. The molecule has 8 rings (SSSR count). The summed E-state index contributed by atoms with van der Waals surface area (Å²) in [6.07, 6.45) is 3.98. The van der Waals surface area contributed by atoms with Gasteiger partial charge in [0.1, 0.15) is 29.7 Å². The lowest BCUT2D eigenvalue weighted by molar-refractivity contribution is 0.00473. The molecule has 2 amide bonds. The molecule has 2 aliphatic rings. The molecule has 0 bridgehead atoms. The van der Waals surface area contributed by atoms with E-state index in [-0.39, 0.29) is 29.5 Å². The van der Waals surface area contributed by atoms with E-state index in [1.54, 1.807) is 59.7 Å². The minimum Gasteiger partial charge on any atom is -0.508 e. The van der Waals surface area contributed by atoms with E-state index >= 15 is 0 Å². The quantitative estimate of drug-likeness (QED) is 0.101. The van der Waals surface area contributed by atoms with Crippen molar-refractivity contribution in [2.45, 2.75) is 62.4 Å². The van der Waals surface area contributed by atoms with Crippen molar-refractivity contribution in [3.63, 3.8) is 0 Å². The lowest BCUT2D eigenvalue weighted by Gasteiger charge is -2.22. The first-order chi connectivity index (χ1) is 26.7. The number of urea groups is 1. The van der Waals surface area contributed by atoms with Crippen molar-refractivity contribution in [1.82, 2.24) is 50.0 Å². The van der Waals surface area contributed by atoms with Crippen molar-refractivity contribution < 1.29 is 25.2 Å². The molecular formula is C37H41N13O5. The molecular weight excluding hydrogens is 706 g/mol. The van der Waals surface area contributed by atoms with E-state index in [1.165, 1.54) is 4.80 Å². The fourth-order valence-corrected chi connectivity index (χ4v) is 7.33. The fraction of sp³-hybridized carbons (Fsp3) is 0.351. The predicted octanol–water partition coefficient (Wildman–Crippen LogP) is 2.73. The number of aromatic hydroxyl groups is 2. The van der Waals surface area contributed by atoms with Crippen molar-refractivity contribution in [3.05, 3.63) is 96.3 Å². The van der Waals surface area contributed by atoms with Crippen LogP contribution in [0.5, 0.6) is 11.5 Å². The number of amides is 2. The number of aromatic nitrogens is 9. The molecule has 1 aliphatic heterocycles. The summed E-state index contributed by atoms with van der Waals surface area (Å²) in [7, 11) is 0. The first-order valence-electron chi connectivity index (χ1n) is 18.2. The van der Waals surface area contributed by atoms with E-state index in [2.05, 4.69) is 36.3 Å². The van der Waals surface area contributed by atoms with Crippen LogP contribution in [-0.2, 0) is 6.42 Å². The van der Waals surface area contributed by atoms with Crippen LogP contribution in [0.2, 0.25) is 0 Å². The van der Waals surface area contributed by atoms with Crippen LogP contribution in [0.15, 0.2) is 79.4 Å². The van der Waals surface area contributed by atoms with Crippen LogP contribution in [0.3, 0.4) is 0 Å². The Kier molecular flexibility index (Phi) is 9.81. The van der Waals surface area contributed by atoms with Gasteiger partial charge in [0.15, 0.2) is 22.8 Å². The second-order valence-corrected chi connectivity index (χ2v) is 13.8. The number of imidazole rings is 1. The molecule has 2 aromatic carbocycles. The molecule has 1 saturated carbocycles. The molecule has 7 N–H and O–H groups in total. The van der Waals surface area contributed by atoms with E-state index in [1.807, 2.05) is 36.1 Å². The van der Waals surface area contributed by atoms with Crippen molar-refractivity contribution >= 4 is 34.6 Å². The Morgan fingerprint density at radius 1 is 0.927 bits per heavy atom. The normalized spacial score (nSPS) is 21.0. The number of phenolic OH excluding ortho intramolecular Hbond substituents is 2. The number of anilines is 3. The highest BCUT2D eigenvalue weighted by Gasteiger charge is 2.45. The van der Waals surface area contributed by atoms with E-state index in [0.717, 1.165) is 11.1 Å². The summed E-state index contributed by atoms with van der Waals surface area (Å²) in [5, 5.41) is 64.5. The third-order valence-electron chi connectivity index (χ3n) is 10.3. The molecule has 4 aromatic heterocycles. The molecule has 5 atom stereocenters. The Labute approximate surface area is 314 Å². The zero-order chi connectivity index (χ0) is 38.1. The number of pyridine rings is 1. The summed E-state index contributed by atoms with van der Waals surface area (Å²) in [5.74, 6) is 1.46. The molecule has 0 spiro atoms. The van der Waals surface area contributed by atoms with Gasteiger partial charge >= 0.3 is 6.03 Å². The van der Waals surface area contributed by atoms with Crippen molar-refractivity contribution in [1.29, 1.82) is 0 Å². The lowest BCUT2D eigenvalue weighted by atomic mass is 9.91. The molecule has 55 heavy (non-hydrogen) atoms. The third kappa shape index (κ3) is 7.41. The highest BCUT2D eigenvalue weighted by Crippen LogP contribution is 2.40. The van der Waals surface area contributed by atoms with Gasteiger partial charge in [0.25, 0.3) is 0 Å². The number of benzene rings is 2. The van der Waals surface area contributed by atoms with Crippen LogP contribution in [0.4, 0.5) is 22.2 Å². The van der Waals surface area contributed by atoms with Gasteiger partial charge in [-0.3, -0.25) is 4.98 Å². The standard InChI is InChI=1S/C37H41N13O5/c1-2-30-45-47-50(46-30)29-17-28(32(53)33(29)54)49-20-40-31-34(39-18-27(21-3-7-25(51)8-4-21)22-5-9-26(52)10-6-22)43-36(44-35(31)49)48-16-13-24(19-48)42-37(55)41-23-11-14-38-15-12-23/h3-12,14-15,20,24,27-29,32-33,51-54H,2,13,16-19H2,1H3,(H,39,43,44)(H2,38,41,42,55)/t24-,28+,29-,32-,33+/m0/s1. The van der Waals surface area contributed by atoms with Crippen LogP contribution >= 0.6 is 0 Å². The number of phenols is 2.